The fraction of sp³-hybridized carbons (Fsp3) is 0.533. The molecule has 0 saturated heterocycles. The van der Waals surface area contributed by atoms with Crippen molar-refractivity contribution in [1.82, 2.24) is 4.90 Å². The fourth-order valence-corrected chi connectivity index (χ4v) is 1.87. The van der Waals surface area contributed by atoms with E-state index in [1.54, 1.807) is 12.1 Å². The second kappa shape index (κ2) is 7.14. The van der Waals surface area contributed by atoms with E-state index in [1.165, 1.54) is 12.1 Å². The molecule has 0 atom stereocenters. The first-order valence-electron chi connectivity index (χ1n) is 6.59. The van der Waals surface area contributed by atoms with Crippen LogP contribution in [-0.2, 0) is 0 Å². The molecule has 0 bridgehead atoms. The summed E-state index contributed by atoms with van der Waals surface area (Å²) in [6.45, 7) is 7.72. The van der Waals surface area contributed by atoms with Gasteiger partial charge in [0.2, 0.25) is 0 Å². The number of carbonyl (C=O) groups is 1. The average molecular weight is 251 g/mol. The summed E-state index contributed by atoms with van der Waals surface area (Å²) in [6, 6.07) is 5.91. The first-order chi connectivity index (χ1) is 8.54. The summed E-state index contributed by atoms with van der Waals surface area (Å²) in [5, 5.41) is 0. The van der Waals surface area contributed by atoms with Crippen LogP contribution in [0.25, 0.3) is 0 Å². The normalized spacial score (nSPS) is 10.7. The van der Waals surface area contributed by atoms with Crippen molar-refractivity contribution in [2.24, 2.45) is 5.92 Å². The number of hydrogen-bond donors (Lipinski definition) is 0. The predicted octanol–water partition coefficient (Wildman–Crippen LogP) is 3.72. The van der Waals surface area contributed by atoms with Crippen molar-refractivity contribution in [3.63, 3.8) is 0 Å². The Balaban J connectivity index is 2.80. The Morgan fingerprint density at radius 3 is 2.67 bits per heavy atom. The van der Waals surface area contributed by atoms with Gasteiger partial charge in [-0.15, -0.1) is 0 Å². The molecule has 0 spiro atoms. The summed E-state index contributed by atoms with van der Waals surface area (Å²) < 4.78 is 13.1. The highest BCUT2D eigenvalue weighted by molar-refractivity contribution is 5.94. The third kappa shape index (κ3) is 4.47. The Morgan fingerprint density at radius 1 is 1.39 bits per heavy atom. The first kappa shape index (κ1) is 14.7. The highest BCUT2D eigenvalue weighted by Crippen LogP contribution is 2.10. The lowest BCUT2D eigenvalue weighted by atomic mass is 10.1. The molecular weight excluding hydrogens is 229 g/mol. The molecule has 0 fully saturated rings. The van der Waals surface area contributed by atoms with Gasteiger partial charge in [-0.25, -0.2) is 4.39 Å². The van der Waals surface area contributed by atoms with Gasteiger partial charge < -0.3 is 4.90 Å². The Morgan fingerprint density at radius 2 is 2.11 bits per heavy atom. The average Bonchev–Trinajstić information content (AvgIpc) is 2.33. The fourth-order valence-electron chi connectivity index (χ4n) is 1.87. The van der Waals surface area contributed by atoms with E-state index in [2.05, 4.69) is 20.8 Å². The molecule has 0 aliphatic carbocycles. The van der Waals surface area contributed by atoms with Crippen molar-refractivity contribution in [2.75, 3.05) is 13.1 Å². The maximum atomic E-state index is 13.1. The van der Waals surface area contributed by atoms with E-state index in [-0.39, 0.29) is 11.7 Å². The van der Waals surface area contributed by atoms with E-state index in [0.717, 1.165) is 25.9 Å². The Labute approximate surface area is 109 Å². The zero-order chi connectivity index (χ0) is 13.5. The molecule has 0 radical (unpaired) electrons. The number of rotatable bonds is 6. The summed E-state index contributed by atoms with van der Waals surface area (Å²) in [4.78, 5) is 14.1. The second-order valence-electron chi connectivity index (χ2n) is 5.01. The molecule has 0 aliphatic heterocycles. The molecule has 2 nitrogen and oxygen atoms in total. The van der Waals surface area contributed by atoms with E-state index < -0.39 is 0 Å². The highest BCUT2D eigenvalue weighted by atomic mass is 19.1. The molecule has 0 aromatic heterocycles. The van der Waals surface area contributed by atoms with E-state index in [4.69, 9.17) is 0 Å². The van der Waals surface area contributed by atoms with Crippen LogP contribution in [0.15, 0.2) is 24.3 Å². The van der Waals surface area contributed by atoms with Gasteiger partial charge in [-0.1, -0.05) is 33.3 Å². The van der Waals surface area contributed by atoms with E-state index in [9.17, 15) is 9.18 Å². The Kier molecular flexibility index (Phi) is 5.83. The minimum absolute atomic E-state index is 0.0725. The molecule has 1 aromatic rings. The maximum Gasteiger partial charge on any atom is 0.253 e. The molecular formula is C15H22FNO. The quantitative estimate of drug-likeness (QED) is 0.754. The number of unbranched alkanes of at least 4 members (excludes halogenated alkanes) is 1. The van der Waals surface area contributed by atoms with Crippen LogP contribution in [0.1, 0.15) is 44.0 Å². The van der Waals surface area contributed by atoms with Crippen molar-refractivity contribution in [1.29, 1.82) is 0 Å². The third-order valence-corrected chi connectivity index (χ3v) is 2.73. The number of hydrogen-bond acceptors (Lipinski definition) is 1. The molecule has 1 rings (SSSR count). The van der Waals surface area contributed by atoms with Gasteiger partial charge in [-0.3, -0.25) is 4.79 Å². The van der Waals surface area contributed by atoms with Crippen LogP contribution in [0.4, 0.5) is 4.39 Å². The summed E-state index contributed by atoms with van der Waals surface area (Å²) in [7, 11) is 0. The third-order valence-electron chi connectivity index (χ3n) is 2.73. The van der Waals surface area contributed by atoms with Gasteiger partial charge in [0.05, 0.1) is 0 Å². The van der Waals surface area contributed by atoms with E-state index in [1.807, 2.05) is 4.90 Å². The van der Waals surface area contributed by atoms with Crippen molar-refractivity contribution in [3.05, 3.63) is 35.6 Å². The minimum Gasteiger partial charge on any atom is -0.338 e. The lowest BCUT2D eigenvalue weighted by Crippen LogP contribution is -2.35. The van der Waals surface area contributed by atoms with Crippen molar-refractivity contribution >= 4 is 5.91 Å². The monoisotopic (exact) mass is 251 g/mol. The van der Waals surface area contributed by atoms with Gasteiger partial charge in [0.15, 0.2) is 0 Å². The number of nitrogens with zero attached hydrogens (tertiary/aromatic N) is 1. The SMILES string of the molecule is CCCCN(CC(C)C)C(=O)c1cccc(F)c1. The minimum atomic E-state index is -0.360. The Bertz CT molecular complexity index is 390. The van der Waals surface area contributed by atoms with Crippen LogP contribution < -0.4 is 0 Å². The second-order valence-corrected chi connectivity index (χ2v) is 5.01. The van der Waals surface area contributed by atoms with Crippen LogP contribution in [0, 0.1) is 11.7 Å². The van der Waals surface area contributed by atoms with E-state index in [0.29, 0.717) is 11.5 Å². The summed E-state index contributed by atoms with van der Waals surface area (Å²) in [5.41, 5.74) is 0.437. The Hall–Kier alpha value is -1.38. The molecule has 1 aromatic carbocycles. The van der Waals surface area contributed by atoms with Crippen LogP contribution >= 0.6 is 0 Å². The number of amides is 1. The zero-order valence-electron chi connectivity index (χ0n) is 11.4. The number of benzene rings is 1. The smallest absolute Gasteiger partial charge is 0.253 e. The van der Waals surface area contributed by atoms with Crippen LogP contribution in [0.2, 0.25) is 0 Å². The molecule has 0 N–H and O–H groups in total. The van der Waals surface area contributed by atoms with Gasteiger partial charge in [-0.05, 0) is 30.5 Å². The topological polar surface area (TPSA) is 20.3 Å². The van der Waals surface area contributed by atoms with Gasteiger partial charge in [-0.2, -0.15) is 0 Å². The summed E-state index contributed by atoms with van der Waals surface area (Å²) >= 11 is 0. The standard InChI is InChI=1S/C15H22FNO/c1-4-5-9-17(11-12(2)3)15(18)13-7-6-8-14(16)10-13/h6-8,10,12H,4-5,9,11H2,1-3H3. The molecule has 0 aliphatic rings. The lowest BCUT2D eigenvalue weighted by molar-refractivity contribution is 0.0733. The first-order valence-corrected chi connectivity index (χ1v) is 6.59. The van der Waals surface area contributed by atoms with Crippen molar-refractivity contribution in [3.8, 4) is 0 Å². The van der Waals surface area contributed by atoms with Gasteiger partial charge in [0.1, 0.15) is 5.82 Å². The lowest BCUT2D eigenvalue weighted by Gasteiger charge is -2.24. The zero-order valence-corrected chi connectivity index (χ0v) is 11.4. The van der Waals surface area contributed by atoms with E-state index >= 15 is 0 Å². The summed E-state index contributed by atoms with van der Waals surface area (Å²) in [5.74, 6) is -0.0168. The molecule has 0 saturated carbocycles. The molecule has 0 heterocycles. The van der Waals surface area contributed by atoms with Crippen LogP contribution in [-0.4, -0.2) is 23.9 Å². The highest BCUT2D eigenvalue weighted by Gasteiger charge is 2.16. The number of carbonyl (C=O) groups excluding carboxylic acids is 1. The predicted molar refractivity (Wildman–Crippen MR) is 72.0 cm³/mol. The molecule has 0 unspecified atom stereocenters. The van der Waals surface area contributed by atoms with Crippen molar-refractivity contribution in [2.45, 2.75) is 33.6 Å². The molecule has 1 amide bonds. The van der Waals surface area contributed by atoms with Gasteiger partial charge >= 0.3 is 0 Å². The number of halogens is 1. The summed E-state index contributed by atoms with van der Waals surface area (Å²) in [6.07, 6.45) is 2.03. The van der Waals surface area contributed by atoms with Gasteiger partial charge in [0, 0.05) is 18.7 Å². The van der Waals surface area contributed by atoms with Crippen molar-refractivity contribution < 1.29 is 9.18 Å². The largest absolute Gasteiger partial charge is 0.338 e. The maximum absolute atomic E-state index is 13.1. The molecule has 18 heavy (non-hydrogen) atoms. The van der Waals surface area contributed by atoms with Gasteiger partial charge in [0.25, 0.3) is 5.91 Å². The molecule has 100 valence electrons. The molecule has 3 heteroatoms. The van der Waals surface area contributed by atoms with Crippen LogP contribution in [0.5, 0.6) is 0 Å². The van der Waals surface area contributed by atoms with Crippen LogP contribution in [0.3, 0.4) is 0 Å².